The van der Waals surface area contributed by atoms with E-state index in [1.165, 1.54) is 5.56 Å². The van der Waals surface area contributed by atoms with Crippen LogP contribution in [-0.4, -0.2) is 13.2 Å². The van der Waals surface area contributed by atoms with Gasteiger partial charge in [-0.1, -0.05) is 66.7 Å². The van der Waals surface area contributed by atoms with Gasteiger partial charge in [0.2, 0.25) is 0 Å². The molecule has 0 fully saturated rings. The van der Waals surface area contributed by atoms with Crippen LogP contribution in [0.3, 0.4) is 0 Å². The lowest BCUT2D eigenvalue weighted by Gasteiger charge is -2.25. The first-order chi connectivity index (χ1) is 9.85. The molecule has 0 spiro atoms. The van der Waals surface area contributed by atoms with Crippen LogP contribution in [0.2, 0.25) is 0 Å². The van der Waals surface area contributed by atoms with E-state index in [4.69, 9.17) is 4.74 Å². The van der Waals surface area contributed by atoms with Crippen LogP contribution in [0.15, 0.2) is 73.3 Å². The zero-order valence-electron chi connectivity index (χ0n) is 11.8. The van der Waals surface area contributed by atoms with Crippen molar-refractivity contribution in [2.24, 2.45) is 0 Å². The Bertz CT molecular complexity index is 509. The molecule has 0 saturated carbocycles. The Hall–Kier alpha value is -1.90. The topological polar surface area (TPSA) is 21.3 Å². The average Bonchev–Trinajstić information content (AvgIpc) is 2.53. The maximum absolute atomic E-state index is 5.64. The van der Waals surface area contributed by atoms with Crippen molar-refractivity contribution in [1.29, 1.82) is 0 Å². The van der Waals surface area contributed by atoms with E-state index in [2.05, 4.69) is 36.2 Å². The SMILES string of the molecule is C=C[C@@H](NCc1ccccc1)[C@@H](OC)c1ccccc1. The summed E-state index contributed by atoms with van der Waals surface area (Å²) >= 11 is 0. The minimum Gasteiger partial charge on any atom is -0.375 e. The van der Waals surface area contributed by atoms with Crippen LogP contribution in [0.5, 0.6) is 0 Å². The summed E-state index contributed by atoms with van der Waals surface area (Å²) in [4.78, 5) is 0. The van der Waals surface area contributed by atoms with Crippen LogP contribution >= 0.6 is 0 Å². The zero-order valence-corrected chi connectivity index (χ0v) is 11.8. The summed E-state index contributed by atoms with van der Waals surface area (Å²) in [6, 6.07) is 20.6. The summed E-state index contributed by atoms with van der Waals surface area (Å²) < 4.78 is 5.64. The van der Waals surface area contributed by atoms with Gasteiger partial charge in [0.05, 0.1) is 6.04 Å². The molecule has 0 aliphatic carbocycles. The molecule has 0 amide bonds. The molecule has 0 heterocycles. The third-order valence-electron chi connectivity index (χ3n) is 3.35. The molecular formula is C18H21NO. The summed E-state index contributed by atoms with van der Waals surface area (Å²) in [5.41, 5.74) is 2.41. The summed E-state index contributed by atoms with van der Waals surface area (Å²) in [6.07, 6.45) is 1.88. The van der Waals surface area contributed by atoms with Gasteiger partial charge in [-0.15, -0.1) is 6.58 Å². The van der Waals surface area contributed by atoms with Gasteiger partial charge in [0, 0.05) is 13.7 Å². The number of hydrogen-bond donors (Lipinski definition) is 1. The Morgan fingerprint density at radius 1 is 1.05 bits per heavy atom. The van der Waals surface area contributed by atoms with E-state index in [9.17, 15) is 0 Å². The van der Waals surface area contributed by atoms with E-state index >= 15 is 0 Å². The molecule has 0 radical (unpaired) electrons. The average molecular weight is 267 g/mol. The van der Waals surface area contributed by atoms with Crippen molar-refractivity contribution in [3.8, 4) is 0 Å². The normalized spacial score (nSPS) is 13.7. The van der Waals surface area contributed by atoms with Gasteiger partial charge in [0.15, 0.2) is 0 Å². The first kappa shape index (κ1) is 14.5. The second-order valence-corrected chi connectivity index (χ2v) is 4.69. The van der Waals surface area contributed by atoms with Gasteiger partial charge in [0.25, 0.3) is 0 Å². The quantitative estimate of drug-likeness (QED) is 0.772. The fourth-order valence-electron chi connectivity index (χ4n) is 2.28. The summed E-state index contributed by atoms with van der Waals surface area (Å²) in [6.45, 7) is 4.72. The van der Waals surface area contributed by atoms with E-state index in [1.54, 1.807) is 7.11 Å². The highest BCUT2D eigenvalue weighted by Crippen LogP contribution is 2.21. The Kier molecular flexibility index (Phi) is 5.54. The predicted molar refractivity (Wildman–Crippen MR) is 83.5 cm³/mol. The molecule has 20 heavy (non-hydrogen) atoms. The van der Waals surface area contributed by atoms with Crippen molar-refractivity contribution in [2.45, 2.75) is 18.7 Å². The number of rotatable bonds is 7. The maximum atomic E-state index is 5.64. The van der Waals surface area contributed by atoms with Crippen LogP contribution in [-0.2, 0) is 11.3 Å². The molecule has 0 aliphatic heterocycles. The summed E-state index contributed by atoms with van der Waals surface area (Å²) in [5, 5.41) is 3.49. The number of benzene rings is 2. The highest BCUT2D eigenvalue weighted by atomic mass is 16.5. The van der Waals surface area contributed by atoms with E-state index in [-0.39, 0.29) is 12.1 Å². The molecule has 0 saturated heterocycles. The van der Waals surface area contributed by atoms with Crippen molar-refractivity contribution < 1.29 is 4.74 Å². The molecule has 2 rings (SSSR count). The molecule has 2 atom stereocenters. The number of ether oxygens (including phenoxy) is 1. The van der Waals surface area contributed by atoms with Crippen molar-refractivity contribution >= 4 is 0 Å². The lowest BCUT2D eigenvalue weighted by molar-refractivity contribution is 0.0814. The third kappa shape index (κ3) is 3.80. The van der Waals surface area contributed by atoms with Crippen LogP contribution in [0.1, 0.15) is 17.2 Å². The molecule has 2 aromatic carbocycles. The molecule has 2 aromatic rings. The smallest absolute Gasteiger partial charge is 0.101 e. The first-order valence-electron chi connectivity index (χ1n) is 6.82. The minimum absolute atomic E-state index is 0.0302. The second kappa shape index (κ2) is 7.63. The Morgan fingerprint density at radius 3 is 2.20 bits per heavy atom. The number of nitrogens with one attached hydrogen (secondary N) is 1. The number of methoxy groups -OCH3 is 1. The molecule has 0 unspecified atom stereocenters. The molecule has 2 nitrogen and oxygen atoms in total. The fraction of sp³-hybridized carbons (Fsp3) is 0.222. The highest BCUT2D eigenvalue weighted by Gasteiger charge is 2.19. The zero-order chi connectivity index (χ0) is 14.2. The Labute approximate surface area is 121 Å². The fourth-order valence-corrected chi connectivity index (χ4v) is 2.28. The molecule has 0 bridgehead atoms. The van der Waals surface area contributed by atoms with Crippen LogP contribution in [0.4, 0.5) is 0 Å². The molecular weight excluding hydrogens is 246 g/mol. The van der Waals surface area contributed by atoms with Gasteiger partial charge in [-0.05, 0) is 11.1 Å². The van der Waals surface area contributed by atoms with Crippen molar-refractivity contribution in [2.75, 3.05) is 7.11 Å². The third-order valence-corrected chi connectivity index (χ3v) is 3.35. The second-order valence-electron chi connectivity index (χ2n) is 4.69. The van der Waals surface area contributed by atoms with E-state index in [1.807, 2.05) is 42.5 Å². The molecule has 2 heteroatoms. The van der Waals surface area contributed by atoms with Gasteiger partial charge in [-0.2, -0.15) is 0 Å². The maximum Gasteiger partial charge on any atom is 0.101 e. The summed E-state index contributed by atoms with van der Waals surface area (Å²) in [7, 11) is 1.73. The molecule has 0 aromatic heterocycles. The molecule has 104 valence electrons. The van der Waals surface area contributed by atoms with Crippen molar-refractivity contribution in [3.63, 3.8) is 0 Å². The number of hydrogen-bond acceptors (Lipinski definition) is 2. The lowest BCUT2D eigenvalue weighted by Crippen LogP contribution is -2.33. The lowest BCUT2D eigenvalue weighted by atomic mass is 10.0. The standard InChI is InChI=1S/C18H21NO/c1-3-17(19-14-15-10-6-4-7-11-15)18(20-2)16-12-8-5-9-13-16/h3-13,17-19H,1,14H2,2H3/t17-,18+/m1/s1. The van der Waals surface area contributed by atoms with E-state index in [0.29, 0.717) is 0 Å². The van der Waals surface area contributed by atoms with Gasteiger partial charge < -0.3 is 10.1 Å². The summed E-state index contributed by atoms with van der Waals surface area (Å²) in [5.74, 6) is 0. The van der Waals surface area contributed by atoms with Crippen LogP contribution in [0.25, 0.3) is 0 Å². The van der Waals surface area contributed by atoms with Gasteiger partial charge >= 0.3 is 0 Å². The first-order valence-corrected chi connectivity index (χ1v) is 6.82. The minimum atomic E-state index is -0.0302. The molecule has 0 aliphatic rings. The van der Waals surface area contributed by atoms with Crippen LogP contribution in [0, 0.1) is 0 Å². The van der Waals surface area contributed by atoms with Gasteiger partial charge in [-0.25, -0.2) is 0 Å². The Morgan fingerprint density at radius 2 is 1.65 bits per heavy atom. The van der Waals surface area contributed by atoms with E-state index in [0.717, 1.165) is 12.1 Å². The van der Waals surface area contributed by atoms with Crippen molar-refractivity contribution in [3.05, 3.63) is 84.4 Å². The largest absolute Gasteiger partial charge is 0.375 e. The highest BCUT2D eigenvalue weighted by molar-refractivity contribution is 5.21. The monoisotopic (exact) mass is 267 g/mol. The van der Waals surface area contributed by atoms with E-state index < -0.39 is 0 Å². The molecule has 1 N–H and O–H groups in total. The van der Waals surface area contributed by atoms with Crippen LogP contribution < -0.4 is 5.32 Å². The van der Waals surface area contributed by atoms with Crippen molar-refractivity contribution in [1.82, 2.24) is 5.32 Å². The predicted octanol–water partition coefficient (Wildman–Crippen LogP) is 3.72. The van der Waals surface area contributed by atoms with Gasteiger partial charge in [0.1, 0.15) is 6.10 Å². The Balaban J connectivity index is 2.04. The van der Waals surface area contributed by atoms with Gasteiger partial charge in [-0.3, -0.25) is 0 Å².